The van der Waals surface area contributed by atoms with E-state index in [1.54, 1.807) is 14.2 Å². The average Bonchev–Trinajstić information content (AvgIpc) is 3.03. The summed E-state index contributed by atoms with van der Waals surface area (Å²) in [7, 11) is 3.21. The van der Waals surface area contributed by atoms with Gasteiger partial charge < -0.3 is 14.8 Å². The van der Waals surface area contributed by atoms with E-state index in [1.165, 1.54) is 0 Å². The average molecular weight is 415 g/mol. The fourth-order valence-electron chi connectivity index (χ4n) is 5.17. The second-order valence-corrected chi connectivity index (χ2v) is 9.16. The van der Waals surface area contributed by atoms with E-state index in [0.717, 1.165) is 28.9 Å². The van der Waals surface area contributed by atoms with E-state index in [4.69, 9.17) is 9.47 Å². The van der Waals surface area contributed by atoms with Crippen molar-refractivity contribution >= 4 is 17.3 Å². The number of nitrogens with one attached hydrogen (secondary N) is 1. The van der Waals surface area contributed by atoms with Gasteiger partial charge in [0, 0.05) is 45.9 Å². The lowest BCUT2D eigenvalue weighted by Crippen LogP contribution is -2.37. The van der Waals surface area contributed by atoms with E-state index in [2.05, 4.69) is 19.2 Å². The largest absolute Gasteiger partial charge is 0.497 e. The van der Waals surface area contributed by atoms with Crippen LogP contribution in [0.15, 0.2) is 59.3 Å². The number of hydrogen-bond acceptors (Lipinski definition) is 5. The summed E-state index contributed by atoms with van der Waals surface area (Å²) in [4.78, 5) is 27.0. The van der Waals surface area contributed by atoms with Crippen LogP contribution in [0.3, 0.4) is 0 Å². The Balaban J connectivity index is 1.79. The number of carbonyl (C=O) groups excluding carboxylic acids is 2. The van der Waals surface area contributed by atoms with Gasteiger partial charge >= 0.3 is 0 Å². The Hall–Kier alpha value is -3.34. The molecule has 2 aromatic rings. The SMILES string of the molecule is COc1ccc(OC)c(C2C3=C(CC(C)(C)CC3=O)NC3=C2C(=O)c2ccccc23)c1. The van der Waals surface area contributed by atoms with Crippen molar-refractivity contribution in [1.29, 1.82) is 0 Å². The van der Waals surface area contributed by atoms with Crippen LogP contribution in [0, 0.1) is 5.41 Å². The number of ether oxygens (including phenoxy) is 2. The highest BCUT2D eigenvalue weighted by Crippen LogP contribution is 2.53. The maximum Gasteiger partial charge on any atom is 0.192 e. The van der Waals surface area contributed by atoms with E-state index in [9.17, 15) is 9.59 Å². The number of carbonyl (C=O) groups is 2. The first-order chi connectivity index (χ1) is 14.8. The molecule has 3 aliphatic rings. The van der Waals surface area contributed by atoms with Crippen LogP contribution in [-0.4, -0.2) is 25.8 Å². The minimum absolute atomic E-state index is 0.0443. The Kier molecular flexibility index (Phi) is 4.33. The molecule has 2 aliphatic carbocycles. The van der Waals surface area contributed by atoms with Crippen molar-refractivity contribution < 1.29 is 19.1 Å². The maximum atomic E-state index is 13.6. The molecular weight excluding hydrogens is 390 g/mol. The van der Waals surface area contributed by atoms with Gasteiger partial charge in [0.05, 0.1) is 19.9 Å². The molecule has 31 heavy (non-hydrogen) atoms. The molecule has 0 spiro atoms. The molecule has 5 nitrogen and oxygen atoms in total. The van der Waals surface area contributed by atoms with Gasteiger partial charge in [0.15, 0.2) is 11.6 Å². The first-order valence-electron chi connectivity index (χ1n) is 10.5. The van der Waals surface area contributed by atoms with E-state index in [1.807, 2.05) is 42.5 Å². The van der Waals surface area contributed by atoms with Crippen LogP contribution >= 0.6 is 0 Å². The van der Waals surface area contributed by atoms with Crippen molar-refractivity contribution in [3.8, 4) is 11.5 Å². The van der Waals surface area contributed by atoms with Crippen LogP contribution in [0.5, 0.6) is 11.5 Å². The Morgan fingerprint density at radius 3 is 2.39 bits per heavy atom. The zero-order chi connectivity index (χ0) is 21.9. The summed E-state index contributed by atoms with van der Waals surface area (Å²) in [6, 6.07) is 13.2. The molecule has 158 valence electrons. The minimum Gasteiger partial charge on any atom is -0.497 e. The Morgan fingerprint density at radius 2 is 1.68 bits per heavy atom. The fraction of sp³-hybridized carbons (Fsp3) is 0.308. The molecule has 0 saturated heterocycles. The molecule has 1 heterocycles. The molecule has 5 rings (SSSR count). The molecule has 0 amide bonds. The van der Waals surface area contributed by atoms with Gasteiger partial charge in [-0.05, 0) is 30.0 Å². The monoisotopic (exact) mass is 415 g/mol. The zero-order valence-corrected chi connectivity index (χ0v) is 18.2. The van der Waals surface area contributed by atoms with Gasteiger partial charge in [-0.1, -0.05) is 38.1 Å². The molecular formula is C26H25NO4. The Bertz CT molecular complexity index is 1200. The van der Waals surface area contributed by atoms with E-state index in [-0.39, 0.29) is 17.0 Å². The number of ketones is 2. The van der Waals surface area contributed by atoms with Gasteiger partial charge in [-0.25, -0.2) is 0 Å². The first-order valence-corrected chi connectivity index (χ1v) is 10.5. The predicted octanol–water partition coefficient (Wildman–Crippen LogP) is 4.64. The van der Waals surface area contributed by atoms with Crippen molar-refractivity contribution in [2.24, 2.45) is 5.41 Å². The molecule has 1 atom stereocenters. The number of hydrogen-bond donors (Lipinski definition) is 1. The molecule has 2 aromatic carbocycles. The number of Topliss-reactive ketones (excluding diaryl/α,β-unsaturated/α-hetero) is 2. The molecule has 1 N–H and O–H groups in total. The van der Waals surface area contributed by atoms with Crippen LogP contribution in [0.25, 0.3) is 5.70 Å². The summed E-state index contributed by atoms with van der Waals surface area (Å²) < 4.78 is 11.1. The molecule has 0 radical (unpaired) electrons. The second kappa shape index (κ2) is 6.84. The van der Waals surface area contributed by atoms with Crippen molar-refractivity contribution in [2.75, 3.05) is 14.2 Å². The van der Waals surface area contributed by atoms with Crippen LogP contribution in [0.1, 0.15) is 54.1 Å². The van der Waals surface area contributed by atoms with Gasteiger partial charge in [-0.15, -0.1) is 0 Å². The smallest absolute Gasteiger partial charge is 0.192 e. The standard InChI is InChI=1S/C26H25NO4/c1-26(2)12-18-22(19(28)13-26)21(17-11-14(30-3)9-10-20(17)31-4)23-24(27-18)15-7-5-6-8-16(15)25(23)29/h5-11,21,27H,12-13H2,1-4H3. The molecule has 0 bridgehead atoms. The summed E-state index contributed by atoms with van der Waals surface area (Å²) in [6.07, 6.45) is 1.18. The Labute approximate surface area is 181 Å². The number of allylic oxidation sites excluding steroid dienone is 3. The normalized spacial score (nSPS) is 21.4. The quantitative estimate of drug-likeness (QED) is 0.791. The number of methoxy groups -OCH3 is 2. The highest BCUT2D eigenvalue weighted by Gasteiger charge is 2.47. The summed E-state index contributed by atoms with van der Waals surface area (Å²) >= 11 is 0. The molecule has 1 aliphatic heterocycles. The number of benzene rings is 2. The van der Waals surface area contributed by atoms with Crippen LogP contribution in [0.2, 0.25) is 0 Å². The van der Waals surface area contributed by atoms with E-state index >= 15 is 0 Å². The predicted molar refractivity (Wildman–Crippen MR) is 118 cm³/mol. The molecule has 1 unspecified atom stereocenters. The summed E-state index contributed by atoms with van der Waals surface area (Å²) in [5, 5.41) is 3.50. The van der Waals surface area contributed by atoms with Crippen molar-refractivity contribution in [1.82, 2.24) is 5.32 Å². The van der Waals surface area contributed by atoms with Crippen LogP contribution in [0.4, 0.5) is 0 Å². The minimum atomic E-state index is -0.500. The molecule has 0 aromatic heterocycles. The zero-order valence-electron chi connectivity index (χ0n) is 18.2. The fourth-order valence-corrected chi connectivity index (χ4v) is 5.17. The summed E-state index contributed by atoms with van der Waals surface area (Å²) in [5.41, 5.74) is 5.17. The van der Waals surface area contributed by atoms with E-state index in [0.29, 0.717) is 34.6 Å². The lowest BCUT2D eigenvalue weighted by molar-refractivity contribution is -0.118. The highest BCUT2D eigenvalue weighted by atomic mass is 16.5. The number of dihydropyridines is 1. The third-order valence-electron chi connectivity index (χ3n) is 6.48. The maximum absolute atomic E-state index is 13.6. The highest BCUT2D eigenvalue weighted by molar-refractivity contribution is 6.23. The molecule has 0 saturated carbocycles. The third-order valence-corrected chi connectivity index (χ3v) is 6.48. The summed E-state index contributed by atoms with van der Waals surface area (Å²) in [6.45, 7) is 4.21. The lowest BCUT2D eigenvalue weighted by Gasteiger charge is -2.39. The molecule has 0 fully saturated rings. The number of rotatable bonds is 3. The van der Waals surface area contributed by atoms with Gasteiger partial charge in [0.1, 0.15) is 11.5 Å². The van der Waals surface area contributed by atoms with Crippen molar-refractivity contribution in [3.05, 3.63) is 76.0 Å². The van der Waals surface area contributed by atoms with E-state index < -0.39 is 5.92 Å². The second-order valence-electron chi connectivity index (χ2n) is 9.16. The van der Waals surface area contributed by atoms with Gasteiger partial charge in [0.2, 0.25) is 0 Å². The third kappa shape index (κ3) is 2.91. The van der Waals surface area contributed by atoms with Gasteiger partial charge in [-0.2, -0.15) is 0 Å². The topological polar surface area (TPSA) is 64.6 Å². The van der Waals surface area contributed by atoms with Crippen molar-refractivity contribution in [2.45, 2.75) is 32.6 Å². The van der Waals surface area contributed by atoms with Crippen LogP contribution in [-0.2, 0) is 4.79 Å². The van der Waals surface area contributed by atoms with Gasteiger partial charge in [0.25, 0.3) is 0 Å². The van der Waals surface area contributed by atoms with Gasteiger partial charge in [-0.3, -0.25) is 9.59 Å². The summed E-state index contributed by atoms with van der Waals surface area (Å²) in [5.74, 6) is 0.818. The lowest BCUT2D eigenvalue weighted by atomic mass is 9.68. The number of fused-ring (bicyclic) bond motifs is 2. The Morgan fingerprint density at radius 1 is 0.935 bits per heavy atom. The van der Waals surface area contributed by atoms with Crippen LogP contribution < -0.4 is 14.8 Å². The van der Waals surface area contributed by atoms with Crippen molar-refractivity contribution in [3.63, 3.8) is 0 Å². The first kappa shape index (κ1) is 19.6. The molecule has 5 heteroatoms.